The summed E-state index contributed by atoms with van der Waals surface area (Å²) in [6, 6.07) is 0. The van der Waals surface area contributed by atoms with Gasteiger partial charge in [-0.3, -0.25) is 25.2 Å². The Morgan fingerprint density at radius 2 is 1.52 bits per heavy atom. The van der Waals surface area contributed by atoms with E-state index in [1.54, 1.807) is 6.92 Å². The van der Waals surface area contributed by atoms with Gasteiger partial charge in [0.1, 0.15) is 0 Å². The van der Waals surface area contributed by atoms with Crippen molar-refractivity contribution in [1.29, 1.82) is 0 Å². The van der Waals surface area contributed by atoms with Gasteiger partial charge in [0.25, 0.3) is 0 Å². The number of hydrogen-bond donors (Lipinski definition) is 3. The highest BCUT2D eigenvalue weighted by Gasteiger charge is 2.61. The molecule has 0 aromatic heterocycles. The van der Waals surface area contributed by atoms with Gasteiger partial charge in [0.15, 0.2) is 0 Å². The lowest BCUT2D eigenvalue weighted by Gasteiger charge is -2.37. The number of carboxylic acids is 1. The molecular formula is C17H26N2O4. The molecule has 3 N–H and O–H groups in total. The van der Waals surface area contributed by atoms with Crippen LogP contribution < -0.4 is 10.9 Å². The third-order valence-corrected chi connectivity index (χ3v) is 7.18. The lowest BCUT2D eigenvalue weighted by molar-refractivity contribution is -0.155. The van der Waals surface area contributed by atoms with E-state index in [9.17, 15) is 19.5 Å². The molecule has 0 saturated heterocycles. The van der Waals surface area contributed by atoms with Crippen molar-refractivity contribution in [3.05, 3.63) is 0 Å². The van der Waals surface area contributed by atoms with Crippen LogP contribution in [0.15, 0.2) is 0 Å². The molecule has 3 fully saturated rings. The molecule has 3 saturated carbocycles. The van der Waals surface area contributed by atoms with Crippen LogP contribution in [0.3, 0.4) is 0 Å². The quantitative estimate of drug-likeness (QED) is 0.691. The molecule has 0 aromatic rings. The normalized spacial score (nSPS) is 36.1. The van der Waals surface area contributed by atoms with Crippen LogP contribution in [0.4, 0.5) is 0 Å². The van der Waals surface area contributed by atoms with Crippen molar-refractivity contribution in [2.45, 2.75) is 59.3 Å². The number of aliphatic carboxylic acids is 1. The van der Waals surface area contributed by atoms with E-state index in [1.165, 1.54) is 6.42 Å². The van der Waals surface area contributed by atoms with Crippen LogP contribution in [0.2, 0.25) is 0 Å². The summed E-state index contributed by atoms with van der Waals surface area (Å²) in [5.74, 6) is -1.63. The summed E-state index contributed by atoms with van der Waals surface area (Å²) in [6.45, 7) is 5.35. The summed E-state index contributed by atoms with van der Waals surface area (Å²) in [6.07, 6.45) is 5.34. The van der Waals surface area contributed by atoms with E-state index in [-0.39, 0.29) is 23.1 Å². The molecule has 3 atom stereocenters. The Balaban J connectivity index is 1.57. The Bertz CT molecular complexity index is 567. The van der Waals surface area contributed by atoms with Gasteiger partial charge >= 0.3 is 5.97 Å². The zero-order chi connectivity index (χ0) is 17.0. The molecule has 6 nitrogen and oxygen atoms in total. The van der Waals surface area contributed by atoms with E-state index in [0.717, 1.165) is 19.3 Å². The second-order valence-corrected chi connectivity index (χ2v) is 8.40. The number of carbonyl (C=O) groups is 3. The van der Waals surface area contributed by atoms with Crippen LogP contribution in [0.5, 0.6) is 0 Å². The highest BCUT2D eigenvalue weighted by Crippen LogP contribution is 2.65. The molecule has 6 heteroatoms. The number of nitrogens with one attached hydrogen (secondary N) is 2. The fourth-order valence-corrected chi connectivity index (χ4v) is 4.54. The predicted octanol–water partition coefficient (Wildman–Crippen LogP) is 1.85. The monoisotopic (exact) mass is 322 g/mol. The van der Waals surface area contributed by atoms with Crippen molar-refractivity contribution < 1.29 is 19.5 Å². The number of rotatable bonds is 3. The van der Waals surface area contributed by atoms with E-state index in [0.29, 0.717) is 12.8 Å². The Hall–Kier alpha value is -1.59. The van der Waals surface area contributed by atoms with Gasteiger partial charge in [-0.1, -0.05) is 20.3 Å². The van der Waals surface area contributed by atoms with Gasteiger partial charge in [-0.15, -0.1) is 0 Å². The van der Waals surface area contributed by atoms with E-state index in [1.807, 2.05) is 13.8 Å². The Morgan fingerprint density at radius 1 is 0.957 bits per heavy atom. The van der Waals surface area contributed by atoms with E-state index in [4.69, 9.17) is 0 Å². The molecule has 1 spiro atoms. The summed E-state index contributed by atoms with van der Waals surface area (Å²) >= 11 is 0. The molecule has 0 aromatic carbocycles. The fraction of sp³-hybridized carbons (Fsp3) is 0.824. The molecule has 3 unspecified atom stereocenters. The second-order valence-electron chi connectivity index (χ2n) is 8.40. The molecule has 3 aliphatic carbocycles. The summed E-state index contributed by atoms with van der Waals surface area (Å²) in [7, 11) is 0. The van der Waals surface area contributed by atoms with Crippen LogP contribution >= 0.6 is 0 Å². The third kappa shape index (κ3) is 2.25. The fourth-order valence-electron chi connectivity index (χ4n) is 4.54. The maximum Gasteiger partial charge on any atom is 0.309 e. The maximum absolute atomic E-state index is 12.4. The first-order valence-corrected chi connectivity index (χ1v) is 8.47. The first kappa shape index (κ1) is 16.3. The molecular weight excluding hydrogens is 296 g/mol. The van der Waals surface area contributed by atoms with Crippen LogP contribution in [0, 0.1) is 28.1 Å². The van der Waals surface area contributed by atoms with Gasteiger partial charge in [-0.05, 0) is 49.9 Å². The highest BCUT2D eigenvalue weighted by atomic mass is 16.4. The SMILES string of the molecule is CC1(C(=O)O)CCC(C(=O)NNC(=O)C2CC23CCC3)C1(C)C. The van der Waals surface area contributed by atoms with Gasteiger partial charge in [0, 0.05) is 11.8 Å². The summed E-state index contributed by atoms with van der Waals surface area (Å²) in [5, 5.41) is 9.50. The molecule has 3 aliphatic rings. The molecule has 2 amide bonds. The lowest BCUT2D eigenvalue weighted by atomic mass is 9.65. The Kier molecular flexibility index (Phi) is 3.50. The lowest BCUT2D eigenvalue weighted by Crippen LogP contribution is -2.50. The predicted molar refractivity (Wildman–Crippen MR) is 82.9 cm³/mol. The van der Waals surface area contributed by atoms with Crippen LogP contribution in [0.25, 0.3) is 0 Å². The number of hydrazine groups is 1. The molecule has 0 bridgehead atoms. The molecule has 0 aliphatic heterocycles. The Morgan fingerprint density at radius 3 is 1.91 bits per heavy atom. The summed E-state index contributed by atoms with van der Waals surface area (Å²) in [4.78, 5) is 36.1. The van der Waals surface area contributed by atoms with Crippen LogP contribution in [0.1, 0.15) is 59.3 Å². The van der Waals surface area contributed by atoms with Crippen LogP contribution in [-0.4, -0.2) is 22.9 Å². The van der Waals surface area contributed by atoms with Crippen LogP contribution in [-0.2, 0) is 14.4 Å². The van der Waals surface area contributed by atoms with Crippen molar-refractivity contribution >= 4 is 17.8 Å². The van der Waals surface area contributed by atoms with E-state index >= 15 is 0 Å². The largest absolute Gasteiger partial charge is 0.481 e. The summed E-state index contributed by atoms with van der Waals surface area (Å²) < 4.78 is 0. The number of hydrogen-bond acceptors (Lipinski definition) is 3. The van der Waals surface area contributed by atoms with E-state index in [2.05, 4.69) is 10.9 Å². The third-order valence-electron chi connectivity index (χ3n) is 7.18. The Labute approximate surface area is 136 Å². The second kappa shape index (κ2) is 4.95. The minimum Gasteiger partial charge on any atom is -0.481 e. The maximum atomic E-state index is 12.4. The molecule has 23 heavy (non-hydrogen) atoms. The first-order chi connectivity index (χ1) is 10.6. The summed E-state index contributed by atoms with van der Waals surface area (Å²) in [5.41, 5.74) is 3.72. The minimum absolute atomic E-state index is 0.0393. The number of carboxylic acid groups (broad SMARTS) is 1. The standard InChI is InChI=1S/C17H26N2O4/c1-15(2)10(5-8-16(15,3)14(22)23)12(20)18-19-13(21)11-9-17(11)6-4-7-17/h10-11H,4-9H2,1-3H3,(H,18,20)(H,19,21)(H,22,23). The van der Waals surface area contributed by atoms with Crippen molar-refractivity contribution in [2.75, 3.05) is 0 Å². The molecule has 3 rings (SSSR count). The number of carbonyl (C=O) groups excluding carboxylic acids is 2. The van der Waals surface area contributed by atoms with Gasteiger partial charge in [0.05, 0.1) is 5.41 Å². The molecule has 0 radical (unpaired) electrons. The topological polar surface area (TPSA) is 95.5 Å². The molecule has 0 heterocycles. The van der Waals surface area contributed by atoms with Gasteiger partial charge < -0.3 is 5.11 Å². The average Bonchev–Trinajstić information content (AvgIpc) is 3.14. The van der Waals surface area contributed by atoms with Crippen molar-refractivity contribution in [1.82, 2.24) is 10.9 Å². The number of amides is 2. The zero-order valence-electron chi connectivity index (χ0n) is 14.1. The average molecular weight is 322 g/mol. The highest BCUT2D eigenvalue weighted by molar-refractivity contribution is 5.88. The van der Waals surface area contributed by atoms with Gasteiger partial charge in [-0.2, -0.15) is 0 Å². The van der Waals surface area contributed by atoms with Crippen molar-refractivity contribution in [3.63, 3.8) is 0 Å². The zero-order valence-corrected chi connectivity index (χ0v) is 14.1. The van der Waals surface area contributed by atoms with E-state index < -0.39 is 22.7 Å². The molecule has 128 valence electrons. The van der Waals surface area contributed by atoms with Crippen molar-refractivity contribution in [2.24, 2.45) is 28.1 Å². The first-order valence-electron chi connectivity index (χ1n) is 8.47. The smallest absolute Gasteiger partial charge is 0.309 e. The van der Waals surface area contributed by atoms with Crippen molar-refractivity contribution in [3.8, 4) is 0 Å². The van der Waals surface area contributed by atoms with Gasteiger partial charge in [0.2, 0.25) is 11.8 Å². The van der Waals surface area contributed by atoms with Gasteiger partial charge in [-0.25, -0.2) is 0 Å². The minimum atomic E-state index is -0.925.